The lowest BCUT2D eigenvalue weighted by Gasteiger charge is -2.11. The monoisotopic (exact) mass is 274 g/mol. The second kappa shape index (κ2) is 4.78. The molecule has 96 valence electrons. The summed E-state index contributed by atoms with van der Waals surface area (Å²) in [5.74, 6) is -0.923. The molecule has 1 nitrogen and oxygen atoms in total. The van der Waals surface area contributed by atoms with Gasteiger partial charge in [0.25, 0.3) is 0 Å². The maximum absolute atomic E-state index is 13.8. The van der Waals surface area contributed by atoms with Gasteiger partial charge in [0.15, 0.2) is 5.78 Å². The van der Waals surface area contributed by atoms with Crippen LogP contribution in [0.4, 0.5) is 4.39 Å². The Hall–Kier alpha value is -1.67. The number of hydrogen-bond donors (Lipinski definition) is 0. The molecule has 0 aromatic heterocycles. The van der Waals surface area contributed by atoms with Gasteiger partial charge in [-0.2, -0.15) is 0 Å². The first kappa shape index (κ1) is 12.4. The Balaban J connectivity index is 1.98. The van der Waals surface area contributed by atoms with Gasteiger partial charge in [0.05, 0.1) is 5.56 Å². The van der Waals surface area contributed by atoms with Crippen LogP contribution in [0.5, 0.6) is 0 Å². The van der Waals surface area contributed by atoms with Gasteiger partial charge in [-0.15, -0.1) is 0 Å². The SMILES string of the molecule is O=C(c1ccc(Cl)cc1F)C1CCc2ccccc21. The van der Waals surface area contributed by atoms with Crippen LogP contribution >= 0.6 is 11.6 Å². The molecule has 0 heterocycles. The molecule has 2 aromatic carbocycles. The number of ketones is 1. The fourth-order valence-corrected chi connectivity index (χ4v) is 2.87. The van der Waals surface area contributed by atoms with Crippen LogP contribution in [0.2, 0.25) is 5.02 Å². The Morgan fingerprint density at radius 3 is 2.79 bits per heavy atom. The molecule has 1 unspecified atom stereocenters. The summed E-state index contributed by atoms with van der Waals surface area (Å²) in [5.41, 5.74) is 2.35. The molecule has 0 N–H and O–H groups in total. The normalized spacial score (nSPS) is 17.3. The van der Waals surface area contributed by atoms with Gasteiger partial charge in [-0.05, 0) is 42.2 Å². The van der Waals surface area contributed by atoms with E-state index in [1.165, 1.54) is 17.7 Å². The van der Waals surface area contributed by atoms with Crippen LogP contribution in [-0.4, -0.2) is 5.78 Å². The first-order valence-electron chi connectivity index (χ1n) is 6.24. The third-order valence-corrected chi connectivity index (χ3v) is 3.88. The van der Waals surface area contributed by atoms with Gasteiger partial charge >= 0.3 is 0 Å². The Morgan fingerprint density at radius 2 is 2.00 bits per heavy atom. The predicted octanol–water partition coefficient (Wildman–Crippen LogP) is 4.39. The van der Waals surface area contributed by atoms with E-state index in [1.54, 1.807) is 6.07 Å². The molecule has 0 aliphatic heterocycles. The van der Waals surface area contributed by atoms with E-state index >= 15 is 0 Å². The van der Waals surface area contributed by atoms with Crippen molar-refractivity contribution in [2.45, 2.75) is 18.8 Å². The minimum absolute atomic E-state index is 0.131. The number of fused-ring (bicyclic) bond motifs is 1. The number of rotatable bonds is 2. The van der Waals surface area contributed by atoms with Crippen molar-refractivity contribution in [2.75, 3.05) is 0 Å². The number of halogens is 2. The zero-order valence-electron chi connectivity index (χ0n) is 10.2. The van der Waals surface area contributed by atoms with E-state index in [4.69, 9.17) is 11.6 Å². The molecular formula is C16H12ClFO. The summed E-state index contributed by atoms with van der Waals surface area (Å²) < 4.78 is 13.8. The molecule has 0 fully saturated rings. The van der Waals surface area contributed by atoms with Crippen LogP contribution in [0.1, 0.15) is 33.8 Å². The number of carbonyl (C=O) groups excluding carboxylic acids is 1. The molecule has 0 amide bonds. The second-order valence-electron chi connectivity index (χ2n) is 4.78. The number of aryl methyl sites for hydroxylation is 1. The second-order valence-corrected chi connectivity index (χ2v) is 5.21. The van der Waals surface area contributed by atoms with E-state index in [2.05, 4.69) is 0 Å². The molecule has 0 spiro atoms. The molecule has 19 heavy (non-hydrogen) atoms. The van der Waals surface area contributed by atoms with Crippen molar-refractivity contribution in [1.82, 2.24) is 0 Å². The molecule has 0 saturated carbocycles. The van der Waals surface area contributed by atoms with Crippen LogP contribution < -0.4 is 0 Å². The topological polar surface area (TPSA) is 17.1 Å². The zero-order valence-corrected chi connectivity index (χ0v) is 11.0. The molecule has 0 saturated heterocycles. The standard InChI is InChI=1S/C16H12ClFO/c17-11-6-8-14(15(18)9-11)16(19)13-7-5-10-3-1-2-4-12(10)13/h1-4,6,8-9,13H,5,7H2. The third-order valence-electron chi connectivity index (χ3n) is 3.65. The third kappa shape index (κ3) is 2.17. The lowest BCUT2D eigenvalue weighted by Crippen LogP contribution is -2.12. The number of Topliss-reactive ketones (excluding diaryl/α,β-unsaturated/α-hetero) is 1. The average Bonchev–Trinajstić information content (AvgIpc) is 2.82. The maximum atomic E-state index is 13.8. The Morgan fingerprint density at radius 1 is 1.21 bits per heavy atom. The first-order chi connectivity index (χ1) is 9.16. The van der Waals surface area contributed by atoms with Crippen molar-refractivity contribution < 1.29 is 9.18 Å². The highest BCUT2D eigenvalue weighted by atomic mass is 35.5. The highest BCUT2D eigenvalue weighted by Crippen LogP contribution is 2.35. The summed E-state index contributed by atoms with van der Waals surface area (Å²) in [6.07, 6.45) is 1.63. The summed E-state index contributed by atoms with van der Waals surface area (Å²) in [5, 5.41) is 0.306. The van der Waals surface area contributed by atoms with Crippen molar-refractivity contribution in [3.63, 3.8) is 0 Å². The van der Waals surface area contributed by atoms with Gasteiger partial charge in [0.2, 0.25) is 0 Å². The predicted molar refractivity (Wildman–Crippen MR) is 73.2 cm³/mol. The van der Waals surface area contributed by atoms with Crippen LogP contribution in [0, 0.1) is 5.82 Å². The van der Waals surface area contributed by atoms with E-state index in [0.29, 0.717) is 5.02 Å². The van der Waals surface area contributed by atoms with Crippen molar-refractivity contribution >= 4 is 17.4 Å². The minimum atomic E-state index is -0.540. The summed E-state index contributed by atoms with van der Waals surface area (Å²) in [6.45, 7) is 0. The lowest BCUT2D eigenvalue weighted by molar-refractivity contribution is 0.0955. The minimum Gasteiger partial charge on any atom is -0.293 e. The van der Waals surface area contributed by atoms with Crippen molar-refractivity contribution in [2.24, 2.45) is 0 Å². The Labute approximate surface area is 116 Å². The van der Waals surface area contributed by atoms with Gasteiger partial charge in [0.1, 0.15) is 5.82 Å². The molecule has 1 aliphatic carbocycles. The summed E-state index contributed by atoms with van der Waals surface area (Å²) in [6, 6.07) is 12.1. The van der Waals surface area contributed by atoms with E-state index in [9.17, 15) is 9.18 Å². The molecule has 0 bridgehead atoms. The van der Waals surface area contributed by atoms with Crippen LogP contribution in [0.3, 0.4) is 0 Å². The fourth-order valence-electron chi connectivity index (χ4n) is 2.71. The number of hydrogen-bond acceptors (Lipinski definition) is 1. The van der Waals surface area contributed by atoms with E-state index in [0.717, 1.165) is 18.4 Å². The zero-order chi connectivity index (χ0) is 13.4. The van der Waals surface area contributed by atoms with Crippen molar-refractivity contribution in [3.8, 4) is 0 Å². The molecule has 1 aliphatic rings. The van der Waals surface area contributed by atoms with Crippen LogP contribution in [0.25, 0.3) is 0 Å². The summed E-state index contributed by atoms with van der Waals surface area (Å²) in [7, 11) is 0. The molecule has 2 aromatic rings. The Bertz CT molecular complexity index is 651. The van der Waals surface area contributed by atoms with Gasteiger partial charge in [0, 0.05) is 10.9 Å². The van der Waals surface area contributed by atoms with Gasteiger partial charge in [-0.3, -0.25) is 4.79 Å². The molecule has 3 rings (SSSR count). The fraction of sp³-hybridized carbons (Fsp3) is 0.188. The van der Waals surface area contributed by atoms with Crippen LogP contribution in [-0.2, 0) is 6.42 Å². The largest absolute Gasteiger partial charge is 0.293 e. The number of benzene rings is 2. The van der Waals surface area contributed by atoms with Gasteiger partial charge in [-0.25, -0.2) is 4.39 Å². The quantitative estimate of drug-likeness (QED) is 0.742. The molecule has 0 radical (unpaired) electrons. The summed E-state index contributed by atoms with van der Waals surface area (Å²) >= 11 is 5.71. The smallest absolute Gasteiger partial charge is 0.173 e. The van der Waals surface area contributed by atoms with Crippen LogP contribution in [0.15, 0.2) is 42.5 Å². The molecule has 1 atom stereocenters. The van der Waals surface area contributed by atoms with Gasteiger partial charge in [-0.1, -0.05) is 35.9 Å². The van der Waals surface area contributed by atoms with Crippen molar-refractivity contribution in [1.29, 1.82) is 0 Å². The lowest BCUT2D eigenvalue weighted by atomic mass is 9.92. The Kier molecular flexibility index (Phi) is 3.11. The molecular weight excluding hydrogens is 263 g/mol. The maximum Gasteiger partial charge on any atom is 0.173 e. The highest BCUT2D eigenvalue weighted by Gasteiger charge is 2.30. The first-order valence-corrected chi connectivity index (χ1v) is 6.61. The van der Waals surface area contributed by atoms with Crippen molar-refractivity contribution in [3.05, 3.63) is 70.0 Å². The molecule has 3 heteroatoms. The number of carbonyl (C=O) groups is 1. The average molecular weight is 275 g/mol. The van der Waals surface area contributed by atoms with E-state index in [1.807, 2.05) is 24.3 Å². The van der Waals surface area contributed by atoms with E-state index < -0.39 is 5.82 Å². The van der Waals surface area contributed by atoms with E-state index in [-0.39, 0.29) is 17.3 Å². The van der Waals surface area contributed by atoms with Gasteiger partial charge < -0.3 is 0 Å². The highest BCUT2D eigenvalue weighted by molar-refractivity contribution is 6.30. The summed E-state index contributed by atoms with van der Waals surface area (Å²) in [4.78, 5) is 12.5.